The zero-order valence-electron chi connectivity index (χ0n) is 15.9. The second kappa shape index (κ2) is 14.8. The van der Waals surface area contributed by atoms with Crippen LogP contribution in [0.1, 0.15) is 39.0 Å². The number of unbranched alkanes of at least 4 members (excludes halogenated alkanes) is 1. The number of hydrogen-bond donors (Lipinski definition) is 1. The Hall–Kier alpha value is -0.340. The number of amides is 1. The maximum atomic E-state index is 12.1. The van der Waals surface area contributed by atoms with Gasteiger partial charge in [0.2, 0.25) is 5.91 Å². The number of ether oxygens (including phenoxy) is 3. The summed E-state index contributed by atoms with van der Waals surface area (Å²) in [6.07, 6.45) is 5.01. The maximum Gasteiger partial charge on any atom is 0.222 e. The lowest BCUT2D eigenvalue weighted by atomic mass is 10.1. The molecule has 0 aliphatic carbocycles. The number of nitrogens with two attached hydrogens (primary N) is 1. The summed E-state index contributed by atoms with van der Waals surface area (Å²) in [6, 6.07) is 0.373. The van der Waals surface area contributed by atoms with E-state index in [-0.39, 0.29) is 5.91 Å². The summed E-state index contributed by atoms with van der Waals surface area (Å²) in [7, 11) is 1.84. The van der Waals surface area contributed by atoms with Gasteiger partial charge in [-0.3, -0.25) is 4.79 Å². The highest BCUT2D eigenvalue weighted by Gasteiger charge is 2.21. The van der Waals surface area contributed by atoms with Crippen LogP contribution < -0.4 is 5.73 Å². The molecule has 7 heteroatoms. The van der Waals surface area contributed by atoms with Crippen molar-refractivity contribution in [2.45, 2.75) is 50.3 Å². The number of carbonyl (C=O) groups is 1. The van der Waals surface area contributed by atoms with Crippen LogP contribution in [-0.4, -0.2) is 81.1 Å². The predicted molar refractivity (Wildman–Crippen MR) is 103 cm³/mol. The molecule has 0 radical (unpaired) electrons. The van der Waals surface area contributed by atoms with E-state index in [1.54, 1.807) is 4.90 Å². The highest BCUT2D eigenvalue weighted by molar-refractivity contribution is 8.00. The second-order valence-corrected chi connectivity index (χ2v) is 7.77. The van der Waals surface area contributed by atoms with E-state index in [1.165, 1.54) is 6.42 Å². The van der Waals surface area contributed by atoms with Gasteiger partial charge in [-0.2, -0.15) is 11.8 Å². The second-order valence-electron chi connectivity index (χ2n) is 6.43. The third kappa shape index (κ3) is 11.8. The Kier molecular flexibility index (Phi) is 13.4. The average molecular weight is 377 g/mol. The molecule has 0 aromatic rings. The molecule has 0 aromatic heterocycles. The minimum Gasteiger partial charge on any atom is -0.379 e. The summed E-state index contributed by atoms with van der Waals surface area (Å²) in [6.45, 7) is 6.20. The van der Waals surface area contributed by atoms with E-state index in [0.29, 0.717) is 63.9 Å². The number of thioether (sulfide) groups is 1. The number of hydrogen-bond acceptors (Lipinski definition) is 6. The molecule has 1 rings (SSSR count). The van der Waals surface area contributed by atoms with Crippen LogP contribution in [0.2, 0.25) is 0 Å². The Morgan fingerprint density at radius 1 is 1.12 bits per heavy atom. The zero-order chi connectivity index (χ0) is 18.3. The van der Waals surface area contributed by atoms with Gasteiger partial charge in [-0.15, -0.1) is 0 Å². The molecule has 2 unspecified atom stereocenters. The first-order chi connectivity index (χ1) is 12.1. The van der Waals surface area contributed by atoms with Gasteiger partial charge in [0.25, 0.3) is 0 Å². The van der Waals surface area contributed by atoms with Crippen LogP contribution in [0.15, 0.2) is 0 Å². The molecule has 1 aliphatic heterocycles. The first-order valence-corrected chi connectivity index (χ1v) is 10.5. The first-order valence-electron chi connectivity index (χ1n) is 9.47. The van der Waals surface area contributed by atoms with Gasteiger partial charge in [-0.05, 0) is 26.2 Å². The fourth-order valence-corrected chi connectivity index (χ4v) is 4.06. The lowest BCUT2D eigenvalue weighted by Gasteiger charge is -2.17. The van der Waals surface area contributed by atoms with Crippen LogP contribution in [0.5, 0.6) is 0 Å². The van der Waals surface area contributed by atoms with Gasteiger partial charge in [0.15, 0.2) is 0 Å². The lowest BCUT2D eigenvalue weighted by Crippen LogP contribution is -2.30. The van der Waals surface area contributed by atoms with Gasteiger partial charge in [0, 0.05) is 43.7 Å². The molecule has 1 amide bonds. The van der Waals surface area contributed by atoms with Crippen LogP contribution in [0.25, 0.3) is 0 Å². The van der Waals surface area contributed by atoms with Crippen molar-refractivity contribution in [3.63, 3.8) is 0 Å². The van der Waals surface area contributed by atoms with Crippen molar-refractivity contribution in [1.82, 2.24) is 4.90 Å². The fraction of sp³-hybridized carbons (Fsp3) is 0.944. The third-order valence-electron chi connectivity index (χ3n) is 4.22. The van der Waals surface area contributed by atoms with E-state index in [9.17, 15) is 4.79 Å². The summed E-state index contributed by atoms with van der Waals surface area (Å²) in [5.74, 6) is 1.29. The quantitative estimate of drug-likeness (QED) is 0.440. The highest BCUT2D eigenvalue weighted by atomic mass is 32.2. The molecule has 0 aromatic carbocycles. The molecular formula is C18H36N2O4S. The Morgan fingerprint density at radius 3 is 2.44 bits per heavy atom. The van der Waals surface area contributed by atoms with E-state index >= 15 is 0 Å². The average Bonchev–Trinajstić information content (AvgIpc) is 3.02. The van der Waals surface area contributed by atoms with Gasteiger partial charge >= 0.3 is 0 Å². The van der Waals surface area contributed by atoms with E-state index in [2.05, 4.69) is 0 Å². The van der Waals surface area contributed by atoms with E-state index in [4.69, 9.17) is 19.9 Å². The molecule has 0 spiro atoms. The summed E-state index contributed by atoms with van der Waals surface area (Å²) in [4.78, 5) is 13.8. The molecular weight excluding hydrogens is 340 g/mol. The van der Waals surface area contributed by atoms with Crippen molar-refractivity contribution in [1.29, 1.82) is 0 Å². The van der Waals surface area contributed by atoms with Crippen LogP contribution in [0.3, 0.4) is 0 Å². The molecule has 1 aliphatic rings. The standard InChI is InChI=1S/C18H36N2O4S/c1-3-22-10-11-24-13-12-23-9-8-20(2)18(21)7-5-4-6-17-14-16(19)15-25-17/h16-17H,3-15,19H2,1-2H3. The Labute approximate surface area is 157 Å². The molecule has 1 fully saturated rings. The van der Waals surface area contributed by atoms with Gasteiger partial charge < -0.3 is 24.8 Å². The van der Waals surface area contributed by atoms with Crippen molar-refractivity contribution in [2.24, 2.45) is 5.73 Å². The van der Waals surface area contributed by atoms with Gasteiger partial charge in [0.1, 0.15) is 0 Å². The molecule has 25 heavy (non-hydrogen) atoms. The van der Waals surface area contributed by atoms with E-state index < -0.39 is 0 Å². The SMILES string of the molecule is CCOCCOCCOCCN(C)C(=O)CCCCC1CC(N)CS1. The van der Waals surface area contributed by atoms with Crippen molar-refractivity contribution in [3.8, 4) is 0 Å². The minimum atomic E-state index is 0.201. The Bertz CT molecular complexity index is 347. The summed E-state index contributed by atoms with van der Waals surface area (Å²) < 4.78 is 16.0. The van der Waals surface area contributed by atoms with E-state index in [1.807, 2.05) is 25.7 Å². The zero-order valence-corrected chi connectivity index (χ0v) is 16.7. The van der Waals surface area contributed by atoms with Gasteiger partial charge in [-0.25, -0.2) is 0 Å². The molecule has 1 heterocycles. The number of likely N-dealkylation sites (N-methyl/N-ethyl adjacent to an activating group) is 1. The predicted octanol–water partition coefficient (Wildman–Crippen LogP) is 1.91. The summed E-state index contributed by atoms with van der Waals surface area (Å²) in [5.41, 5.74) is 5.91. The third-order valence-corrected chi connectivity index (χ3v) is 5.74. The fourth-order valence-electron chi connectivity index (χ4n) is 2.68. The smallest absolute Gasteiger partial charge is 0.222 e. The van der Waals surface area contributed by atoms with Crippen molar-refractivity contribution in [3.05, 3.63) is 0 Å². The minimum absolute atomic E-state index is 0.201. The van der Waals surface area contributed by atoms with Crippen molar-refractivity contribution < 1.29 is 19.0 Å². The topological polar surface area (TPSA) is 74.0 Å². The van der Waals surface area contributed by atoms with E-state index in [0.717, 1.165) is 25.0 Å². The number of nitrogens with zero attached hydrogens (tertiary/aromatic N) is 1. The summed E-state index contributed by atoms with van der Waals surface area (Å²) in [5, 5.41) is 0.701. The lowest BCUT2D eigenvalue weighted by molar-refractivity contribution is -0.130. The molecule has 1 saturated heterocycles. The van der Waals surface area contributed by atoms with Gasteiger partial charge in [0.05, 0.1) is 33.0 Å². The summed E-state index contributed by atoms with van der Waals surface area (Å²) >= 11 is 1.98. The monoisotopic (exact) mass is 376 g/mol. The van der Waals surface area contributed by atoms with Crippen LogP contribution >= 0.6 is 11.8 Å². The largest absolute Gasteiger partial charge is 0.379 e. The molecule has 0 saturated carbocycles. The Balaban J connectivity index is 1.89. The Morgan fingerprint density at radius 2 is 1.80 bits per heavy atom. The molecule has 148 valence electrons. The molecule has 6 nitrogen and oxygen atoms in total. The normalized spacial score (nSPS) is 20.1. The number of carbonyl (C=O) groups excluding carboxylic acids is 1. The van der Waals surface area contributed by atoms with Crippen LogP contribution in [0, 0.1) is 0 Å². The number of rotatable bonds is 15. The molecule has 2 N–H and O–H groups in total. The molecule has 2 atom stereocenters. The van der Waals surface area contributed by atoms with Crippen molar-refractivity contribution >= 4 is 17.7 Å². The van der Waals surface area contributed by atoms with Crippen molar-refractivity contribution in [2.75, 3.05) is 59.0 Å². The van der Waals surface area contributed by atoms with Crippen LogP contribution in [-0.2, 0) is 19.0 Å². The van der Waals surface area contributed by atoms with Crippen LogP contribution in [0.4, 0.5) is 0 Å². The maximum absolute atomic E-state index is 12.1. The molecule has 0 bridgehead atoms. The van der Waals surface area contributed by atoms with Gasteiger partial charge in [-0.1, -0.05) is 6.42 Å². The highest BCUT2D eigenvalue weighted by Crippen LogP contribution is 2.29. The first kappa shape index (κ1) is 22.7.